The molecule has 0 aliphatic carbocycles. The molecule has 2 aromatic heterocycles. The van der Waals surface area contributed by atoms with Crippen LogP contribution in [0.1, 0.15) is 10.4 Å². The Balaban J connectivity index is 2.96. The van der Waals surface area contributed by atoms with Crippen LogP contribution in [0, 0.1) is 0 Å². The van der Waals surface area contributed by atoms with Crippen LogP contribution < -0.4 is 0 Å². The fourth-order valence-electron chi connectivity index (χ4n) is 1.40. The van der Waals surface area contributed by atoms with Gasteiger partial charge in [-0.15, -0.1) is 0 Å². The number of halogens is 1. The predicted octanol–water partition coefficient (Wildman–Crippen LogP) is 2.04. The Morgan fingerprint density at radius 2 is 2.38 bits per heavy atom. The zero-order valence-electron chi connectivity index (χ0n) is 6.99. The van der Waals surface area contributed by atoms with Gasteiger partial charge in [-0.1, -0.05) is 11.6 Å². The van der Waals surface area contributed by atoms with E-state index in [0.717, 1.165) is 17.2 Å². The predicted molar refractivity (Wildman–Crippen MR) is 51.1 cm³/mol. The zero-order valence-corrected chi connectivity index (χ0v) is 7.75. The Morgan fingerprint density at radius 3 is 3.08 bits per heavy atom. The van der Waals surface area contributed by atoms with Crippen LogP contribution in [-0.2, 0) is 7.05 Å². The fraction of sp³-hybridized carbons (Fsp3) is 0.111. The van der Waals surface area contributed by atoms with Crippen molar-refractivity contribution in [1.29, 1.82) is 0 Å². The van der Waals surface area contributed by atoms with Crippen LogP contribution in [0.2, 0.25) is 5.15 Å². The minimum atomic E-state index is 0.254. The van der Waals surface area contributed by atoms with E-state index in [9.17, 15) is 4.79 Å². The molecule has 66 valence electrons. The molecule has 2 rings (SSSR count). The van der Waals surface area contributed by atoms with Crippen molar-refractivity contribution in [3.05, 3.63) is 29.2 Å². The molecule has 0 radical (unpaired) electrons. The highest BCUT2D eigenvalue weighted by molar-refractivity contribution is 6.33. The van der Waals surface area contributed by atoms with E-state index in [1.165, 1.54) is 0 Å². The van der Waals surface area contributed by atoms with Gasteiger partial charge in [0, 0.05) is 24.8 Å². The normalized spacial score (nSPS) is 10.6. The maximum atomic E-state index is 10.8. The zero-order chi connectivity index (χ0) is 9.42. The number of hydrogen-bond acceptors (Lipinski definition) is 2. The Bertz CT molecular complexity index is 476. The lowest BCUT2D eigenvalue weighted by Gasteiger charge is -2.00. The molecular formula is C9H7ClN2O. The molecule has 0 aliphatic heterocycles. The van der Waals surface area contributed by atoms with Gasteiger partial charge in [-0.25, -0.2) is 4.98 Å². The molecule has 0 saturated heterocycles. The van der Waals surface area contributed by atoms with Crippen LogP contribution >= 0.6 is 11.6 Å². The number of aldehydes is 1. The van der Waals surface area contributed by atoms with Gasteiger partial charge in [0.2, 0.25) is 0 Å². The third-order valence-corrected chi connectivity index (χ3v) is 2.32. The molecule has 0 saturated carbocycles. The molecule has 0 N–H and O–H groups in total. The number of carbonyl (C=O) groups excluding carboxylic acids is 1. The number of aromatic nitrogens is 2. The molecule has 0 atom stereocenters. The first kappa shape index (κ1) is 8.26. The van der Waals surface area contributed by atoms with Gasteiger partial charge < -0.3 is 4.57 Å². The first-order valence-corrected chi connectivity index (χ1v) is 4.16. The van der Waals surface area contributed by atoms with E-state index in [0.29, 0.717) is 5.56 Å². The van der Waals surface area contributed by atoms with Crippen molar-refractivity contribution >= 4 is 28.8 Å². The summed E-state index contributed by atoms with van der Waals surface area (Å²) in [6.07, 6.45) is 4.26. The number of nitrogens with zero attached hydrogens (tertiary/aromatic N) is 2. The van der Waals surface area contributed by atoms with E-state index in [2.05, 4.69) is 4.98 Å². The highest BCUT2D eigenvalue weighted by Crippen LogP contribution is 2.22. The second kappa shape index (κ2) is 2.85. The first-order chi connectivity index (χ1) is 6.24. The summed E-state index contributed by atoms with van der Waals surface area (Å²) < 4.78 is 1.85. The summed E-state index contributed by atoms with van der Waals surface area (Å²) in [4.78, 5) is 14.7. The van der Waals surface area contributed by atoms with Gasteiger partial charge in [-0.05, 0) is 6.07 Å². The lowest BCUT2D eigenvalue weighted by atomic mass is 10.2. The largest absolute Gasteiger partial charge is 0.350 e. The Kier molecular flexibility index (Phi) is 1.81. The molecule has 4 heteroatoms. The summed E-state index contributed by atoms with van der Waals surface area (Å²) in [5.74, 6) is 0. The fourth-order valence-corrected chi connectivity index (χ4v) is 1.58. The van der Waals surface area contributed by atoms with Gasteiger partial charge in [0.15, 0.2) is 6.29 Å². The van der Waals surface area contributed by atoms with Crippen molar-refractivity contribution in [3.8, 4) is 0 Å². The molecule has 2 heterocycles. The number of aryl methyl sites for hydroxylation is 1. The molecule has 0 spiro atoms. The van der Waals surface area contributed by atoms with Crippen molar-refractivity contribution in [3.63, 3.8) is 0 Å². The lowest BCUT2D eigenvalue weighted by molar-refractivity contribution is 0.112. The maximum Gasteiger partial charge on any atom is 0.155 e. The molecule has 0 amide bonds. The van der Waals surface area contributed by atoms with Crippen LogP contribution in [0.25, 0.3) is 10.9 Å². The number of carbonyl (C=O) groups is 1. The molecule has 0 unspecified atom stereocenters. The standard InChI is InChI=1S/C9H7ClN2O/c1-12-3-2-6-4-11-9(10)7(5-13)8(6)12/h2-5H,1H3. The van der Waals surface area contributed by atoms with Gasteiger partial charge in [0.25, 0.3) is 0 Å². The van der Waals surface area contributed by atoms with Gasteiger partial charge in [0.05, 0.1) is 11.1 Å². The lowest BCUT2D eigenvalue weighted by Crippen LogP contribution is -1.93. The van der Waals surface area contributed by atoms with E-state index < -0.39 is 0 Å². The van der Waals surface area contributed by atoms with Crippen molar-refractivity contribution in [2.75, 3.05) is 0 Å². The SMILES string of the molecule is Cn1ccc2cnc(Cl)c(C=O)c21. The maximum absolute atomic E-state index is 10.8. The minimum Gasteiger partial charge on any atom is -0.350 e. The number of hydrogen-bond donors (Lipinski definition) is 0. The summed E-state index contributed by atoms with van der Waals surface area (Å²) >= 11 is 5.78. The van der Waals surface area contributed by atoms with Crippen LogP contribution in [0.5, 0.6) is 0 Å². The summed E-state index contributed by atoms with van der Waals surface area (Å²) in [5.41, 5.74) is 1.28. The average molecular weight is 195 g/mol. The quantitative estimate of drug-likeness (QED) is 0.514. The molecule has 0 aliphatic rings. The average Bonchev–Trinajstić information content (AvgIpc) is 2.49. The van der Waals surface area contributed by atoms with Crippen LogP contribution in [0.3, 0.4) is 0 Å². The Hall–Kier alpha value is -1.35. The highest BCUT2D eigenvalue weighted by atomic mass is 35.5. The minimum absolute atomic E-state index is 0.254. The molecule has 13 heavy (non-hydrogen) atoms. The molecule has 2 aromatic rings. The Labute approximate surface area is 79.9 Å². The molecule has 0 aromatic carbocycles. The Morgan fingerprint density at radius 1 is 1.62 bits per heavy atom. The van der Waals surface area contributed by atoms with Crippen LogP contribution in [0.15, 0.2) is 18.5 Å². The number of fused-ring (bicyclic) bond motifs is 1. The van der Waals surface area contributed by atoms with E-state index in [1.807, 2.05) is 23.9 Å². The highest BCUT2D eigenvalue weighted by Gasteiger charge is 2.08. The van der Waals surface area contributed by atoms with E-state index in [-0.39, 0.29) is 5.15 Å². The number of rotatable bonds is 1. The van der Waals surface area contributed by atoms with E-state index >= 15 is 0 Å². The summed E-state index contributed by atoms with van der Waals surface area (Å²) in [7, 11) is 1.87. The van der Waals surface area contributed by atoms with Crippen molar-refractivity contribution in [2.24, 2.45) is 7.05 Å². The molecule has 0 fully saturated rings. The van der Waals surface area contributed by atoms with Gasteiger partial charge >= 0.3 is 0 Å². The van der Waals surface area contributed by atoms with E-state index in [4.69, 9.17) is 11.6 Å². The summed E-state index contributed by atoms with van der Waals surface area (Å²) in [6.45, 7) is 0. The smallest absolute Gasteiger partial charge is 0.155 e. The molecule has 0 bridgehead atoms. The summed E-state index contributed by atoms with van der Waals surface area (Å²) in [6, 6.07) is 1.89. The van der Waals surface area contributed by atoms with Gasteiger partial charge in [-0.3, -0.25) is 4.79 Å². The topological polar surface area (TPSA) is 34.9 Å². The second-order valence-electron chi connectivity index (χ2n) is 2.81. The van der Waals surface area contributed by atoms with Crippen LogP contribution in [-0.4, -0.2) is 15.8 Å². The van der Waals surface area contributed by atoms with Crippen molar-refractivity contribution in [2.45, 2.75) is 0 Å². The first-order valence-electron chi connectivity index (χ1n) is 3.78. The third kappa shape index (κ3) is 1.12. The third-order valence-electron chi connectivity index (χ3n) is 2.02. The van der Waals surface area contributed by atoms with Crippen molar-refractivity contribution < 1.29 is 4.79 Å². The molecular weight excluding hydrogens is 188 g/mol. The van der Waals surface area contributed by atoms with Gasteiger partial charge in [-0.2, -0.15) is 0 Å². The van der Waals surface area contributed by atoms with Crippen molar-refractivity contribution in [1.82, 2.24) is 9.55 Å². The van der Waals surface area contributed by atoms with Gasteiger partial charge in [0.1, 0.15) is 5.15 Å². The second-order valence-corrected chi connectivity index (χ2v) is 3.17. The monoisotopic (exact) mass is 194 g/mol. The summed E-state index contributed by atoms with van der Waals surface area (Å²) in [5, 5.41) is 1.18. The molecule has 3 nitrogen and oxygen atoms in total. The number of pyridine rings is 1. The van der Waals surface area contributed by atoms with Crippen LogP contribution in [0.4, 0.5) is 0 Å². The van der Waals surface area contributed by atoms with E-state index in [1.54, 1.807) is 6.20 Å².